The van der Waals surface area contributed by atoms with E-state index in [9.17, 15) is 4.79 Å². The van der Waals surface area contributed by atoms with Crippen LogP contribution in [0.4, 0.5) is 5.69 Å². The van der Waals surface area contributed by atoms with Crippen molar-refractivity contribution in [3.8, 4) is 0 Å². The molecule has 0 spiro atoms. The average Bonchev–Trinajstić information content (AvgIpc) is 2.90. The topological polar surface area (TPSA) is 32.7 Å². The zero-order valence-electron chi connectivity index (χ0n) is 13.3. The van der Waals surface area contributed by atoms with E-state index in [1.165, 1.54) is 6.42 Å². The summed E-state index contributed by atoms with van der Waals surface area (Å²) in [5.41, 5.74) is 1.79. The standard InChI is InChI=1S/C20H22N2O/c23-19(17-10-4-1-5-11-17)16-22(18-12-6-2-7-13-18)20-14-8-3-9-15-21-20/h1-2,4-7,10-13H,3,8-9,14-16H2. The molecule has 23 heavy (non-hydrogen) atoms. The van der Waals surface area contributed by atoms with Crippen LogP contribution < -0.4 is 4.90 Å². The molecule has 0 aromatic heterocycles. The molecular formula is C20H22N2O. The van der Waals surface area contributed by atoms with Crippen LogP contribution in [0.2, 0.25) is 0 Å². The summed E-state index contributed by atoms with van der Waals surface area (Å²) in [5, 5.41) is 0. The summed E-state index contributed by atoms with van der Waals surface area (Å²) in [6.45, 7) is 1.20. The van der Waals surface area contributed by atoms with Gasteiger partial charge in [-0.25, -0.2) is 0 Å². The third-order valence-electron chi connectivity index (χ3n) is 4.13. The fourth-order valence-electron chi connectivity index (χ4n) is 2.88. The van der Waals surface area contributed by atoms with E-state index < -0.39 is 0 Å². The first-order valence-electron chi connectivity index (χ1n) is 8.29. The lowest BCUT2D eigenvalue weighted by molar-refractivity contribution is 0.100. The van der Waals surface area contributed by atoms with Gasteiger partial charge < -0.3 is 4.90 Å². The van der Waals surface area contributed by atoms with Crippen molar-refractivity contribution in [2.45, 2.75) is 25.7 Å². The van der Waals surface area contributed by atoms with E-state index in [0.717, 1.165) is 42.9 Å². The maximum Gasteiger partial charge on any atom is 0.182 e. The molecule has 0 saturated heterocycles. The number of benzene rings is 2. The molecule has 1 heterocycles. The Bertz CT molecular complexity index is 665. The van der Waals surface area contributed by atoms with Crippen LogP contribution in [0.1, 0.15) is 36.0 Å². The summed E-state index contributed by atoms with van der Waals surface area (Å²) in [7, 11) is 0. The number of hydrogen-bond donors (Lipinski definition) is 0. The lowest BCUT2D eigenvalue weighted by atomic mass is 10.1. The molecule has 0 unspecified atom stereocenters. The van der Waals surface area contributed by atoms with E-state index in [2.05, 4.69) is 4.90 Å². The van der Waals surface area contributed by atoms with Gasteiger partial charge in [-0.05, 0) is 25.0 Å². The number of carbonyl (C=O) groups excluding carboxylic acids is 1. The molecule has 0 N–H and O–H groups in total. The van der Waals surface area contributed by atoms with Gasteiger partial charge in [-0.2, -0.15) is 0 Å². The maximum atomic E-state index is 12.7. The van der Waals surface area contributed by atoms with Crippen LogP contribution in [0.3, 0.4) is 0 Å². The molecule has 0 radical (unpaired) electrons. The van der Waals surface area contributed by atoms with E-state index in [-0.39, 0.29) is 5.78 Å². The van der Waals surface area contributed by atoms with Gasteiger partial charge in [0.05, 0.1) is 6.54 Å². The summed E-state index contributed by atoms with van der Waals surface area (Å²) in [4.78, 5) is 19.5. The number of ketones is 1. The first kappa shape index (κ1) is 15.5. The van der Waals surface area contributed by atoms with Crippen molar-refractivity contribution >= 4 is 17.3 Å². The van der Waals surface area contributed by atoms with Gasteiger partial charge in [-0.15, -0.1) is 0 Å². The molecule has 3 heteroatoms. The van der Waals surface area contributed by atoms with Gasteiger partial charge in [0, 0.05) is 24.2 Å². The lowest BCUT2D eigenvalue weighted by Gasteiger charge is -2.25. The minimum Gasteiger partial charge on any atom is -0.322 e. The molecule has 2 aromatic carbocycles. The van der Waals surface area contributed by atoms with Crippen molar-refractivity contribution in [1.29, 1.82) is 0 Å². The Morgan fingerprint density at radius 3 is 2.35 bits per heavy atom. The highest BCUT2D eigenvalue weighted by Gasteiger charge is 2.19. The van der Waals surface area contributed by atoms with E-state index in [4.69, 9.17) is 4.99 Å². The molecule has 1 aliphatic rings. The molecular weight excluding hydrogens is 284 g/mol. The minimum atomic E-state index is 0.126. The first-order valence-corrected chi connectivity index (χ1v) is 8.29. The van der Waals surface area contributed by atoms with Crippen LogP contribution in [0.15, 0.2) is 65.7 Å². The largest absolute Gasteiger partial charge is 0.322 e. The van der Waals surface area contributed by atoms with Crippen LogP contribution in [-0.4, -0.2) is 24.7 Å². The number of para-hydroxylation sites is 1. The molecule has 0 aliphatic carbocycles. The number of aliphatic imine (C=N–C) groups is 1. The fourth-order valence-corrected chi connectivity index (χ4v) is 2.88. The van der Waals surface area contributed by atoms with Gasteiger partial charge >= 0.3 is 0 Å². The van der Waals surface area contributed by atoms with Crippen LogP contribution in [0, 0.1) is 0 Å². The Hall–Kier alpha value is -2.42. The molecule has 3 rings (SSSR count). The quantitative estimate of drug-likeness (QED) is 0.787. The Morgan fingerprint density at radius 1 is 0.913 bits per heavy atom. The van der Waals surface area contributed by atoms with Gasteiger partial charge in [0.25, 0.3) is 0 Å². The molecule has 118 valence electrons. The van der Waals surface area contributed by atoms with Crippen molar-refractivity contribution in [2.75, 3.05) is 18.0 Å². The van der Waals surface area contributed by atoms with Gasteiger partial charge in [0.15, 0.2) is 5.78 Å². The molecule has 0 atom stereocenters. The summed E-state index contributed by atoms with van der Waals surface area (Å²) < 4.78 is 0. The third-order valence-corrected chi connectivity index (χ3v) is 4.13. The number of Topliss-reactive ketones (excluding diaryl/α,β-unsaturated/α-hetero) is 1. The van der Waals surface area contributed by atoms with Gasteiger partial charge in [-0.1, -0.05) is 55.0 Å². The Labute approximate surface area is 137 Å². The highest BCUT2D eigenvalue weighted by molar-refractivity contribution is 6.07. The Morgan fingerprint density at radius 2 is 1.61 bits per heavy atom. The van der Waals surface area contributed by atoms with Crippen molar-refractivity contribution in [2.24, 2.45) is 4.99 Å². The minimum absolute atomic E-state index is 0.126. The number of rotatable bonds is 4. The SMILES string of the molecule is O=C(CN(C1=NCCCCC1)c1ccccc1)c1ccccc1. The monoisotopic (exact) mass is 306 g/mol. The normalized spacial score (nSPS) is 14.7. The average molecular weight is 306 g/mol. The third kappa shape index (κ3) is 4.07. The second-order valence-electron chi connectivity index (χ2n) is 5.82. The van der Waals surface area contributed by atoms with E-state index in [1.807, 2.05) is 60.7 Å². The highest BCUT2D eigenvalue weighted by atomic mass is 16.1. The molecule has 1 aliphatic heterocycles. The molecule has 0 bridgehead atoms. The molecule has 0 amide bonds. The number of anilines is 1. The Balaban J connectivity index is 1.86. The van der Waals surface area contributed by atoms with Crippen molar-refractivity contribution in [3.63, 3.8) is 0 Å². The van der Waals surface area contributed by atoms with E-state index in [0.29, 0.717) is 6.54 Å². The van der Waals surface area contributed by atoms with Crippen LogP contribution in [0.25, 0.3) is 0 Å². The number of hydrogen-bond acceptors (Lipinski definition) is 3. The number of nitrogens with zero attached hydrogens (tertiary/aromatic N) is 2. The van der Waals surface area contributed by atoms with Crippen molar-refractivity contribution in [3.05, 3.63) is 66.2 Å². The van der Waals surface area contributed by atoms with Gasteiger partial charge in [-0.3, -0.25) is 9.79 Å². The second kappa shape index (κ2) is 7.73. The highest BCUT2D eigenvalue weighted by Crippen LogP contribution is 2.19. The van der Waals surface area contributed by atoms with Crippen LogP contribution in [-0.2, 0) is 0 Å². The van der Waals surface area contributed by atoms with Crippen LogP contribution in [0.5, 0.6) is 0 Å². The summed E-state index contributed by atoms with van der Waals surface area (Å²) in [6, 6.07) is 19.6. The number of carbonyl (C=O) groups is 1. The zero-order valence-corrected chi connectivity index (χ0v) is 13.3. The predicted molar refractivity (Wildman–Crippen MR) is 95.3 cm³/mol. The smallest absolute Gasteiger partial charge is 0.182 e. The molecule has 0 saturated carbocycles. The molecule has 3 nitrogen and oxygen atoms in total. The van der Waals surface area contributed by atoms with Gasteiger partial charge in [0.2, 0.25) is 0 Å². The molecule has 2 aromatic rings. The Kier molecular flexibility index (Phi) is 5.20. The van der Waals surface area contributed by atoms with E-state index in [1.54, 1.807) is 0 Å². The maximum absolute atomic E-state index is 12.7. The summed E-state index contributed by atoms with van der Waals surface area (Å²) in [5.74, 6) is 1.17. The summed E-state index contributed by atoms with van der Waals surface area (Å²) >= 11 is 0. The first-order chi connectivity index (χ1) is 11.3. The fraction of sp³-hybridized carbons (Fsp3) is 0.300. The lowest BCUT2D eigenvalue weighted by Crippen LogP contribution is -2.35. The van der Waals surface area contributed by atoms with Crippen LogP contribution >= 0.6 is 0 Å². The molecule has 0 fully saturated rings. The summed E-state index contributed by atoms with van der Waals surface area (Å²) in [6.07, 6.45) is 4.43. The van der Waals surface area contributed by atoms with Crippen molar-refractivity contribution in [1.82, 2.24) is 0 Å². The van der Waals surface area contributed by atoms with Crippen molar-refractivity contribution < 1.29 is 4.79 Å². The van der Waals surface area contributed by atoms with E-state index >= 15 is 0 Å². The zero-order chi connectivity index (χ0) is 15.9. The predicted octanol–water partition coefficient (Wildman–Crippen LogP) is 4.35. The van der Waals surface area contributed by atoms with Gasteiger partial charge in [0.1, 0.15) is 5.84 Å². The number of amidine groups is 1. The second-order valence-corrected chi connectivity index (χ2v) is 5.82.